The second-order valence-corrected chi connectivity index (χ2v) is 7.86. The van der Waals surface area contributed by atoms with Crippen LogP contribution in [0, 0.1) is 10.1 Å². The van der Waals surface area contributed by atoms with Gasteiger partial charge in [-0.2, -0.15) is 10.2 Å². The number of amides is 1. The molecular weight excluding hydrogens is 506 g/mol. The van der Waals surface area contributed by atoms with Crippen molar-refractivity contribution in [2.75, 3.05) is 0 Å². The molecule has 0 spiro atoms. The molecular formula is C19H15Br2N5O3. The number of aromatic nitrogens is 2. The van der Waals surface area contributed by atoms with Gasteiger partial charge in [0.1, 0.15) is 0 Å². The fourth-order valence-electron chi connectivity index (χ4n) is 2.49. The number of nitro groups is 1. The summed E-state index contributed by atoms with van der Waals surface area (Å²) < 4.78 is 3.20. The minimum absolute atomic E-state index is 0.00849. The summed E-state index contributed by atoms with van der Waals surface area (Å²) in [7, 11) is 0. The molecule has 3 aromatic rings. The van der Waals surface area contributed by atoms with Crippen LogP contribution in [0.5, 0.6) is 0 Å². The molecule has 1 amide bonds. The summed E-state index contributed by atoms with van der Waals surface area (Å²) in [4.78, 5) is 22.7. The van der Waals surface area contributed by atoms with E-state index >= 15 is 0 Å². The van der Waals surface area contributed by atoms with Gasteiger partial charge in [-0.05, 0) is 58.2 Å². The summed E-state index contributed by atoms with van der Waals surface area (Å²) in [6, 6.07) is 13.7. The van der Waals surface area contributed by atoms with Crippen molar-refractivity contribution in [1.29, 1.82) is 0 Å². The Morgan fingerprint density at radius 1 is 1.17 bits per heavy atom. The van der Waals surface area contributed by atoms with E-state index in [1.54, 1.807) is 29.9 Å². The van der Waals surface area contributed by atoms with Crippen LogP contribution in [0.3, 0.4) is 0 Å². The van der Waals surface area contributed by atoms with Gasteiger partial charge in [0.2, 0.25) is 0 Å². The van der Waals surface area contributed by atoms with Gasteiger partial charge in [-0.25, -0.2) is 5.43 Å². The minimum Gasteiger partial charge on any atom is -0.266 e. The topological polar surface area (TPSA) is 102 Å². The quantitative estimate of drug-likeness (QED) is 0.293. The molecule has 0 saturated heterocycles. The van der Waals surface area contributed by atoms with E-state index in [4.69, 9.17) is 0 Å². The number of carbonyl (C=O) groups is 1. The van der Waals surface area contributed by atoms with Gasteiger partial charge in [0.05, 0.1) is 21.7 Å². The predicted molar refractivity (Wildman–Crippen MR) is 116 cm³/mol. The van der Waals surface area contributed by atoms with Crippen LogP contribution in [0.2, 0.25) is 0 Å². The van der Waals surface area contributed by atoms with Gasteiger partial charge in [-0.1, -0.05) is 28.1 Å². The first-order valence-corrected chi connectivity index (χ1v) is 9.99. The largest absolute Gasteiger partial charge is 0.293 e. The summed E-state index contributed by atoms with van der Waals surface area (Å²) in [6.45, 7) is 2.22. The highest BCUT2D eigenvalue weighted by Gasteiger charge is 2.15. The molecule has 1 heterocycles. The van der Waals surface area contributed by atoms with Gasteiger partial charge in [0.15, 0.2) is 5.69 Å². The number of hydrazone groups is 1. The lowest BCUT2D eigenvalue weighted by atomic mass is 10.1. The summed E-state index contributed by atoms with van der Waals surface area (Å²) in [6.07, 6.45) is 1.73. The normalized spacial score (nSPS) is 11.3. The number of nitrogens with zero attached hydrogens (tertiary/aromatic N) is 4. The average molecular weight is 521 g/mol. The van der Waals surface area contributed by atoms with Crippen LogP contribution in [0.15, 0.2) is 68.8 Å². The highest BCUT2D eigenvalue weighted by Crippen LogP contribution is 2.17. The van der Waals surface area contributed by atoms with Crippen molar-refractivity contribution >= 4 is 49.2 Å². The maximum atomic E-state index is 12.4. The Labute approximate surface area is 183 Å². The van der Waals surface area contributed by atoms with Crippen molar-refractivity contribution in [2.24, 2.45) is 5.10 Å². The lowest BCUT2D eigenvalue weighted by molar-refractivity contribution is -0.384. The number of nitro benzene ring substituents is 1. The SMILES string of the molecule is C/C(=N\NC(=O)c1nn(Cc2ccc(Br)cc2)cc1Br)c1ccc([N+](=O)[O-])cc1. The number of hydrogen-bond donors (Lipinski definition) is 1. The Balaban J connectivity index is 1.68. The number of halogens is 2. The Kier molecular flexibility index (Phi) is 6.55. The number of benzene rings is 2. The summed E-state index contributed by atoms with van der Waals surface area (Å²) in [5.74, 6) is -0.465. The number of carbonyl (C=O) groups excluding carboxylic acids is 1. The summed E-state index contributed by atoms with van der Waals surface area (Å²) in [5.41, 5.74) is 4.88. The predicted octanol–water partition coefficient (Wildman–Crippen LogP) is 4.52. The molecule has 148 valence electrons. The maximum absolute atomic E-state index is 12.4. The molecule has 0 aliphatic heterocycles. The molecule has 2 aromatic carbocycles. The van der Waals surface area contributed by atoms with Crippen LogP contribution >= 0.6 is 31.9 Å². The molecule has 0 aliphatic carbocycles. The first-order valence-electron chi connectivity index (χ1n) is 8.40. The van der Waals surface area contributed by atoms with Gasteiger partial charge >= 0.3 is 0 Å². The summed E-state index contributed by atoms with van der Waals surface area (Å²) >= 11 is 6.75. The van der Waals surface area contributed by atoms with Crippen LogP contribution < -0.4 is 5.43 Å². The molecule has 0 bridgehead atoms. The highest BCUT2D eigenvalue weighted by atomic mass is 79.9. The van der Waals surface area contributed by atoms with E-state index in [0.717, 1.165) is 10.0 Å². The third-order valence-corrected chi connectivity index (χ3v) is 5.12. The first kappa shape index (κ1) is 20.9. The second kappa shape index (κ2) is 9.10. The number of hydrogen-bond acceptors (Lipinski definition) is 5. The zero-order chi connectivity index (χ0) is 21.0. The van der Waals surface area contributed by atoms with E-state index in [-0.39, 0.29) is 11.4 Å². The molecule has 1 N–H and O–H groups in total. The van der Waals surface area contributed by atoms with Gasteiger partial charge < -0.3 is 0 Å². The Morgan fingerprint density at radius 2 is 1.83 bits per heavy atom. The monoisotopic (exact) mass is 519 g/mol. The summed E-state index contributed by atoms with van der Waals surface area (Å²) in [5, 5.41) is 19.1. The first-order chi connectivity index (χ1) is 13.8. The molecule has 29 heavy (non-hydrogen) atoms. The Morgan fingerprint density at radius 3 is 2.45 bits per heavy atom. The molecule has 10 heteroatoms. The lowest BCUT2D eigenvalue weighted by Crippen LogP contribution is -2.20. The number of non-ortho nitro benzene ring substituents is 1. The van der Waals surface area contributed by atoms with Crippen molar-refractivity contribution < 1.29 is 9.72 Å². The van der Waals surface area contributed by atoms with Crippen LogP contribution in [0.1, 0.15) is 28.5 Å². The van der Waals surface area contributed by atoms with Gasteiger partial charge in [-0.3, -0.25) is 19.6 Å². The van der Waals surface area contributed by atoms with Crippen LogP contribution in [0.25, 0.3) is 0 Å². The third-order valence-electron chi connectivity index (χ3n) is 4.01. The molecule has 0 atom stereocenters. The zero-order valence-corrected chi connectivity index (χ0v) is 18.3. The van der Waals surface area contributed by atoms with Crippen LogP contribution in [-0.4, -0.2) is 26.3 Å². The van der Waals surface area contributed by atoms with E-state index in [1.807, 2.05) is 24.3 Å². The molecule has 0 radical (unpaired) electrons. The number of nitrogens with one attached hydrogen (secondary N) is 1. The molecule has 0 aliphatic rings. The van der Waals surface area contributed by atoms with Crippen molar-refractivity contribution in [2.45, 2.75) is 13.5 Å². The minimum atomic E-state index is -0.472. The zero-order valence-electron chi connectivity index (χ0n) is 15.2. The van der Waals surface area contributed by atoms with E-state index in [1.165, 1.54) is 12.1 Å². The molecule has 0 fully saturated rings. The second-order valence-electron chi connectivity index (χ2n) is 6.09. The van der Waals surface area contributed by atoms with Crippen LogP contribution in [-0.2, 0) is 6.54 Å². The standard InChI is InChI=1S/C19H15Br2N5O3/c1-12(14-4-8-16(9-5-14)26(28)29)22-23-19(27)18-17(21)11-25(24-18)10-13-2-6-15(20)7-3-13/h2-9,11H,10H2,1H3,(H,23,27)/b22-12+. The smallest absolute Gasteiger partial charge is 0.266 e. The Hall–Kier alpha value is -2.85. The molecule has 8 nitrogen and oxygen atoms in total. The van der Waals surface area contributed by atoms with E-state index in [2.05, 4.69) is 47.5 Å². The van der Waals surface area contributed by atoms with Gasteiger partial charge in [0.25, 0.3) is 11.6 Å². The molecule has 3 rings (SSSR count). The lowest BCUT2D eigenvalue weighted by Gasteiger charge is -2.03. The fraction of sp³-hybridized carbons (Fsp3) is 0.105. The van der Waals surface area contributed by atoms with Crippen LogP contribution in [0.4, 0.5) is 5.69 Å². The third kappa shape index (κ3) is 5.36. The van der Waals surface area contributed by atoms with E-state index < -0.39 is 10.8 Å². The van der Waals surface area contributed by atoms with Crippen molar-refractivity contribution in [3.05, 3.63) is 90.6 Å². The van der Waals surface area contributed by atoms with Gasteiger partial charge in [-0.15, -0.1) is 0 Å². The van der Waals surface area contributed by atoms with E-state index in [9.17, 15) is 14.9 Å². The molecule has 0 saturated carbocycles. The molecule has 1 aromatic heterocycles. The fourth-order valence-corrected chi connectivity index (χ4v) is 3.25. The maximum Gasteiger partial charge on any atom is 0.293 e. The van der Waals surface area contributed by atoms with Crippen molar-refractivity contribution in [3.8, 4) is 0 Å². The number of rotatable bonds is 6. The molecule has 0 unspecified atom stereocenters. The highest BCUT2D eigenvalue weighted by molar-refractivity contribution is 9.10. The average Bonchev–Trinajstić information content (AvgIpc) is 3.07. The van der Waals surface area contributed by atoms with E-state index in [0.29, 0.717) is 22.3 Å². The van der Waals surface area contributed by atoms with Crippen molar-refractivity contribution in [3.63, 3.8) is 0 Å². The van der Waals surface area contributed by atoms with Crippen molar-refractivity contribution in [1.82, 2.24) is 15.2 Å². The Bertz CT molecular complexity index is 1080. The van der Waals surface area contributed by atoms with Gasteiger partial charge in [0, 0.05) is 22.8 Å².